The number of hydrogen-bond donors (Lipinski definition) is 0. The van der Waals surface area contributed by atoms with E-state index in [1.807, 2.05) is 36.4 Å². The molecule has 0 N–H and O–H groups in total. The summed E-state index contributed by atoms with van der Waals surface area (Å²) in [4.78, 5) is 15.4. The molecule has 13 aromatic rings. The Balaban J connectivity index is 1.16. The van der Waals surface area contributed by atoms with Gasteiger partial charge in [0.2, 0.25) is 0 Å². The van der Waals surface area contributed by atoms with Gasteiger partial charge in [-0.15, -0.1) is 11.3 Å². The summed E-state index contributed by atoms with van der Waals surface area (Å²) in [5.74, 6) is 1.97. The number of para-hydroxylation sites is 3. The van der Waals surface area contributed by atoms with Gasteiger partial charge >= 0.3 is 0 Å². The molecule has 0 saturated heterocycles. The molecule has 0 radical (unpaired) electrons. The van der Waals surface area contributed by atoms with E-state index < -0.39 is 0 Å². The van der Waals surface area contributed by atoms with E-state index in [9.17, 15) is 0 Å². The first-order chi connectivity index (χ1) is 28.3. The lowest BCUT2D eigenvalue weighted by atomic mass is 10.0. The second-order valence-electron chi connectivity index (χ2n) is 14.7. The van der Waals surface area contributed by atoms with Crippen LogP contribution in [0.5, 0.6) is 0 Å². The fourth-order valence-electron chi connectivity index (χ4n) is 9.32. The van der Waals surface area contributed by atoms with Gasteiger partial charge in [-0.3, -0.25) is 0 Å². The molecule has 0 atom stereocenters. The molecule has 8 aromatic carbocycles. The Morgan fingerprint density at radius 1 is 0.368 bits per heavy atom. The van der Waals surface area contributed by atoms with E-state index in [0.29, 0.717) is 17.5 Å². The zero-order chi connectivity index (χ0) is 37.2. The van der Waals surface area contributed by atoms with E-state index in [1.54, 1.807) is 11.3 Å². The monoisotopic (exact) mass is 743 g/mol. The number of rotatable bonds is 4. The van der Waals surface area contributed by atoms with Gasteiger partial charge in [-0.2, -0.15) is 0 Å². The van der Waals surface area contributed by atoms with Crippen molar-refractivity contribution in [1.82, 2.24) is 23.9 Å². The highest BCUT2D eigenvalue weighted by atomic mass is 32.1. The van der Waals surface area contributed by atoms with Gasteiger partial charge < -0.3 is 8.97 Å². The molecule has 5 aromatic heterocycles. The van der Waals surface area contributed by atoms with Gasteiger partial charge in [-0.25, -0.2) is 15.0 Å². The van der Waals surface area contributed by atoms with E-state index in [1.165, 1.54) is 75.4 Å². The summed E-state index contributed by atoms with van der Waals surface area (Å²) in [6, 6.07) is 62.8. The van der Waals surface area contributed by atoms with E-state index >= 15 is 0 Å². The van der Waals surface area contributed by atoms with Crippen molar-refractivity contribution in [3.63, 3.8) is 0 Å². The number of fused-ring (bicyclic) bond motifs is 13. The van der Waals surface area contributed by atoms with Crippen molar-refractivity contribution in [3.8, 4) is 39.9 Å². The van der Waals surface area contributed by atoms with E-state index in [-0.39, 0.29) is 0 Å². The molecule has 6 heteroatoms. The SMILES string of the molecule is c1ccc(-c2nc(-c3ccccc3)nc(-c3ccc(-n4c5ccccc5c5ccc6c(c7cccc8c9ccccc9n6c87)c54)c4c3sc3ccccc34)n2)cc1. The Hall–Kier alpha value is -7.41. The third-order valence-corrected chi connectivity index (χ3v) is 12.9. The standard InChI is InChI=1S/C51H29N5S/c1-3-14-30(15-4-1)49-52-50(31-16-5-2-6-17-31)54-51(53-49)38-27-29-42(45-36-20-9-12-25-43(36)57-48(38)45)56-40-24-11-8-19-33(40)35-26-28-41-44(47(35)56)37-22-13-21-34-32-18-7-10-23-39(32)55(41)46(34)37/h1-29H. The lowest BCUT2D eigenvalue weighted by Crippen LogP contribution is -2.01. The Kier molecular flexibility index (Phi) is 6.26. The lowest BCUT2D eigenvalue weighted by molar-refractivity contribution is 1.08. The van der Waals surface area contributed by atoms with Gasteiger partial charge in [0.25, 0.3) is 0 Å². The molecule has 0 aliphatic carbocycles. The minimum absolute atomic E-state index is 0.654. The zero-order valence-corrected chi connectivity index (χ0v) is 31.2. The van der Waals surface area contributed by atoms with Gasteiger partial charge in [0.05, 0.1) is 33.3 Å². The molecular weight excluding hydrogens is 715 g/mol. The molecule has 0 unspecified atom stereocenters. The van der Waals surface area contributed by atoms with Crippen molar-refractivity contribution in [1.29, 1.82) is 0 Å². The van der Waals surface area contributed by atoms with Gasteiger partial charge in [-0.05, 0) is 36.4 Å². The van der Waals surface area contributed by atoms with E-state index in [0.717, 1.165) is 27.1 Å². The third-order valence-electron chi connectivity index (χ3n) is 11.7. The predicted octanol–water partition coefficient (Wildman–Crippen LogP) is 13.5. The van der Waals surface area contributed by atoms with Gasteiger partial charge in [0.1, 0.15) is 0 Å². The summed E-state index contributed by atoms with van der Waals surface area (Å²) < 4.78 is 7.38. The summed E-state index contributed by atoms with van der Waals surface area (Å²) in [6.45, 7) is 0. The lowest BCUT2D eigenvalue weighted by Gasteiger charge is -2.14. The van der Waals surface area contributed by atoms with Crippen LogP contribution in [0.3, 0.4) is 0 Å². The van der Waals surface area contributed by atoms with Crippen LogP contribution < -0.4 is 0 Å². The highest BCUT2D eigenvalue weighted by Crippen LogP contribution is 2.48. The quantitative estimate of drug-likeness (QED) is 0.180. The van der Waals surface area contributed by atoms with Crippen LogP contribution >= 0.6 is 11.3 Å². The average molecular weight is 744 g/mol. The van der Waals surface area contributed by atoms with Crippen LogP contribution in [0.15, 0.2) is 176 Å². The van der Waals surface area contributed by atoms with Crippen molar-refractivity contribution in [2.45, 2.75) is 0 Å². The Bertz CT molecular complexity index is 3690. The zero-order valence-electron chi connectivity index (χ0n) is 30.4. The van der Waals surface area contributed by atoms with Crippen LogP contribution in [0.2, 0.25) is 0 Å². The summed E-state index contributed by atoms with van der Waals surface area (Å²) in [6.07, 6.45) is 0. The van der Waals surface area contributed by atoms with Gasteiger partial charge in [0.15, 0.2) is 17.5 Å². The van der Waals surface area contributed by atoms with Crippen molar-refractivity contribution >= 4 is 91.4 Å². The first kappa shape index (κ1) is 30.9. The molecule has 13 rings (SSSR count). The van der Waals surface area contributed by atoms with Crippen LogP contribution in [-0.4, -0.2) is 23.9 Å². The van der Waals surface area contributed by atoms with E-state index in [4.69, 9.17) is 15.0 Å². The maximum Gasteiger partial charge on any atom is 0.165 e. The van der Waals surface area contributed by atoms with Crippen LogP contribution in [0.1, 0.15) is 0 Å². The summed E-state index contributed by atoms with van der Waals surface area (Å²) >= 11 is 1.80. The minimum Gasteiger partial charge on any atom is -0.308 e. The molecule has 0 aliphatic heterocycles. The Morgan fingerprint density at radius 2 is 0.947 bits per heavy atom. The summed E-state index contributed by atoms with van der Waals surface area (Å²) in [7, 11) is 0. The summed E-state index contributed by atoms with van der Waals surface area (Å²) in [5.41, 5.74) is 10.2. The average Bonchev–Trinajstić information content (AvgIpc) is 4.03. The number of thiophene rings is 1. The molecule has 0 spiro atoms. The molecule has 264 valence electrons. The van der Waals surface area contributed by atoms with Crippen molar-refractivity contribution in [3.05, 3.63) is 176 Å². The maximum atomic E-state index is 5.20. The normalized spacial score (nSPS) is 12.2. The van der Waals surface area contributed by atoms with Crippen LogP contribution in [-0.2, 0) is 0 Å². The van der Waals surface area contributed by atoms with Gasteiger partial charge in [-0.1, -0.05) is 140 Å². The predicted molar refractivity (Wildman–Crippen MR) is 238 cm³/mol. The fraction of sp³-hybridized carbons (Fsp3) is 0. The van der Waals surface area contributed by atoms with Gasteiger partial charge in [0, 0.05) is 69.2 Å². The molecule has 0 fully saturated rings. The molecule has 57 heavy (non-hydrogen) atoms. The smallest absolute Gasteiger partial charge is 0.165 e. The van der Waals surface area contributed by atoms with Crippen LogP contribution in [0, 0.1) is 0 Å². The second-order valence-corrected chi connectivity index (χ2v) is 15.8. The molecular formula is C51H29N5S. The maximum absolute atomic E-state index is 5.20. The van der Waals surface area contributed by atoms with Crippen LogP contribution in [0.25, 0.3) is 120 Å². The Morgan fingerprint density at radius 3 is 1.70 bits per heavy atom. The number of aromatic nitrogens is 5. The summed E-state index contributed by atoms with van der Waals surface area (Å²) in [5, 5.41) is 9.99. The minimum atomic E-state index is 0.654. The molecule has 0 bridgehead atoms. The highest BCUT2D eigenvalue weighted by molar-refractivity contribution is 7.26. The van der Waals surface area contributed by atoms with Crippen LogP contribution in [0.4, 0.5) is 0 Å². The largest absolute Gasteiger partial charge is 0.308 e. The number of benzene rings is 8. The number of hydrogen-bond acceptors (Lipinski definition) is 4. The van der Waals surface area contributed by atoms with Crippen molar-refractivity contribution in [2.75, 3.05) is 0 Å². The topological polar surface area (TPSA) is 48.0 Å². The van der Waals surface area contributed by atoms with E-state index in [2.05, 4.69) is 148 Å². The molecule has 5 heterocycles. The number of nitrogens with zero attached hydrogens (tertiary/aromatic N) is 5. The highest BCUT2D eigenvalue weighted by Gasteiger charge is 2.25. The first-order valence-electron chi connectivity index (χ1n) is 19.2. The Labute approximate surface area is 329 Å². The van der Waals surface area contributed by atoms with Crippen molar-refractivity contribution < 1.29 is 0 Å². The van der Waals surface area contributed by atoms with Crippen molar-refractivity contribution in [2.24, 2.45) is 0 Å². The second kappa shape index (κ2) is 11.6. The third kappa shape index (κ3) is 4.25. The fourth-order valence-corrected chi connectivity index (χ4v) is 10.6. The molecule has 0 saturated carbocycles. The molecule has 5 nitrogen and oxygen atoms in total. The first-order valence-corrected chi connectivity index (χ1v) is 20.0. The molecule has 0 aliphatic rings. The molecule has 0 amide bonds.